The first-order valence-electron chi connectivity index (χ1n) is 5.18. The van der Waals surface area contributed by atoms with Crippen LogP contribution in [-0.4, -0.2) is 4.98 Å². The van der Waals surface area contributed by atoms with Gasteiger partial charge in [0.25, 0.3) is 0 Å². The van der Waals surface area contributed by atoms with Crippen molar-refractivity contribution in [1.29, 1.82) is 0 Å². The van der Waals surface area contributed by atoms with Gasteiger partial charge in [0.15, 0.2) is 0 Å². The summed E-state index contributed by atoms with van der Waals surface area (Å²) < 4.78 is 2.19. The average Bonchev–Trinajstić information content (AvgIpc) is 2.97. The van der Waals surface area contributed by atoms with E-state index < -0.39 is 0 Å². The Morgan fingerprint density at radius 3 is 2.56 bits per heavy atom. The number of rotatable bonds is 2. The van der Waals surface area contributed by atoms with E-state index >= 15 is 0 Å². The molecule has 0 bridgehead atoms. The Kier molecular flexibility index (Phi) is 3.66. The lowest BCUT2D eigenvalue weighted by Gasteiger charge is -1.96. The summed E-state index contributed by atoms with van der Waals surface area (Å²) in [6, 6.07) is 10.3. The maximum atomic E-state index is 4.69. The molecule has 0 saturated carbocycles. The van der Waals surface area contributed by atoms with Crippen molar-refractivity contribution in [2.24, 2.45) is 0 Å². The molecule has 0 unspecified atom stereocenters. The standard InChI is InChI=1S/C13H7Br2NS2/c14-9-3-1-2-8(4-9)11-7-18-13(16-11)12-5-10(15)6-17-12/h1-7H. The van der Waals surface area contributed by atoms with E-state index in [1.165, 1.54) is 4.88 Å². The zero-order valence-corrected chi connectivity index (χ0v) is 13.9. The van der Waals surface area contributed by atoms with Gasteiger partial charge in [-0.1, -0.05) is 28.1 Å². The third-order valence-corrected chi connectivity index (χ3v) is 5.60. The zero-order valence-electron chi connectivity index (χ0n) is 9.06. The quantitative estimate of drug-likeness (QED) is 0.509. The predicted molar refractivity (Wildman–Crippen MR) is 86.3 cm³/mol. The molecular formula is C13H7Br2NS2. The summed E-state index contributed by atoms with van der Waals surface area (Å²) >= 11 is 10.3. The van der Waals surface area contributed by atoms with E-state index in [1.807, 2.05) is 12.1 Å². The fraction of sp³-hybridized carbons (Fsp3) is 0. The molecule has 2 aromatic heterocycles. The van der Waals surface area contributed by atoms with E-state index in [0.29, 0.717) is 0 Å². The Hall–Kier alpha value is -0.490. The summed E-state index contributed by atoms with van der Waals surface area (Å²) in [7, 11) is 0. The number of nitrogens with zero attached hydrogens (tertiary/aromatic N) is 1. The molecule has 0 aliphatic carbocycles. The van der Waals surface area contributed by atoms with E-state index in [9.17, 15) is 0 Å². The lowest BCUT2D eigenvalue weighted by molar-refractivity contribution is 1.41. The Bertz CT molecular complexity index is 688. The lowest BCUT2D eigenvalue weighted by Crippen LogP contribution is -1.77. The Labute approximate surface area is 130 Å². The monoisotopic (exact) mass is 399 g/mol. The maximum Gasteiger partial charge on any atom is 0.134 e. The average molecular weight is 401 g/mol. The molecule has 0 spiro atoms. The first-order chi connectivity index (χ1) is 8.72. The Morgan fingerprint density at radius 1 is 0.944 bits per heavy atom. The molecule has 0 N–H and O–H groups in total. The predicted octanol–water partition coefficient (Wildman–Crippen LogP) is 6.06. The van der Waals surface area contributed by atoms with E-state index in [4.69, 9.17) is 4.98 Å². The fourth-order valence-corrected chi connectivity index (χ4v) is 4.33. The topological polar surface area (TPSA) is 12.9 Å². The zero-order chi connectivity index (χ0) is 12.5. The van der Waals surface area contributed by atoms with Crippen molar-refractivity contribution in [3.05, 3.63) is 50.0 Å². The molecule has 0 amide bonds. The van der Waals surface area contributed by atoms with Crippen LogP contribution in [0.5, 0.6) is 0 Å². The molecule has 5 heteroatoms. The first kappa shape index (κ1) is 12.5. The molecule has 0 aliphatic heterocycles. The van der Waals surface area contributed by atoms with Crippen LogP contribution in [-0.2, 0) is 0 Å². The molecule has 0 atom stereocenters. The molecule has 2 heterocycles. The highest BCUT2D eigenvalue weighted by Crippen LogP contribution is 2.34. The van der Waals surface area contributed by atoms with Gasteiger partial charge in [0.05, 0.1) is 10.6 Å². The molecule has 1 nitrogen and oxygen atoms in total. The number of halogens is 2. The smallest absolute Gasteiger partial charge is 0.134 e. The van der Waals surface area contributed by atoms with E-state index in [-0.39, 0.29) is 0 Å². The number of aromatic nitrogens is 1. The van der Waals surface area contributed by atoms with Crippen LogP contribution in [0.2, 0.25) is 0 Å². The number of hydrogen-bond donors (Lipinski definition) is 0. The van der Waals surface area contributed by atoms with Gasteiger partial charge >= 0.3 is 0 Å². The van der Waals surface area contributed by atoms with Crippen molar-refractivity contribution < 1.29 is 0 Å². The molecule has 3 aromatic rings. The van der Waals surface area contributed by atoms with Crippen LogP contribution in [0, 0.1) is 0 Å². The van der Waals surface area contributed by atoms with E-state index in [0.717, 1.165) is 25.2 Å². The first-order valence-corrected chi connectivity index (χ1v) is 8.53. The van der Waals surface area contributed by atoms with Crippen molar-refractivity contribution in [3.63, 3.8) is 0 Å². The minimum absolute atomic E-state index is 1.03. The number of thiophene rings is 1. The van der Waals surface area contributed by atoms with Crippen LogP contribution in [0.3, 0.4) is 0 Å². The molecule has 0 saturated heterocycles. The van der Waals surface area contributed by atoms with Crippen LogP contribution < -0.4 is 0 Å². The van der Waals surface area contributed by atoms with Crippen molar-refractivity contribution in [1.82, 2.24) is 4.98 Å². The third kappa shape index (κ3) is 2.59. The second kappa shape index (κ2) is 5.25. The Balaban J connectivity index is 1.99. The van der Waals surface area contributed by atoms with Crippen molar-refractivity contribution in [3.8, 4) is 21.1 Å². The van der Waals surface area contributed by atoms with Gasteiger partial charge in [-0.25, -0.2) is 4.98 Å². The highest BCUT2D eigenvalue weighted by Gasteiger charge is 2.08. The Morgan fingerprint density at radius 2 is 1.83 bits per heavy atom. The second-order valence-corrected chi connectivity index (χ2v) is 7.28. The minimum Gasteiger partial charge on any atom is -0.235 e. The number of benzene rings is 1. The highest BCUT2D eigenvalue weighted by molar-refractivity contribution is 9.10. The van der Waals surface area contributed by atoms with Crippen molar-refractivity contribution >= 4 is 54.5 Å². The molecule has 0 radical (unpaired) electrons. The van der Waals surface area contributed by atoms with Gasteiger partial charge in [-0.15, -0.1) is 22.7 Å². The van der Waals surface area contributed by atoms with Crippen LogP contribution >= 0.6 is 54.5 Å². The van der Waals surface area contributed by atoms with Crippen molar-refractivity contribution in [2.75, 3.05) is 0 Å². The summed E-state index contributed by atoms with van der Waals surface area (Å²) in [6.45, 7) is 0. The molecule has 0 fully saturated rings. The van der Waals surface area contributed by atoms with E-state index in [2.05, 4.69) is 60.8 Å². The summed E-state index contributed by atoms with van der Waals surface area (Å²) in [5, 5.41) is 5.25. The SMILES string of the molecule is Brc1cccc(-c2csc(-c3cc(Br)cs3)n2)c1. The van der Waals surface area contributed by atoms with E-state index in [1.54, 1.807) is 22.7 Å². The molecular weight excluding hydrogens is 394 g/mol. The van der Waals surface area contributed by atoms with Crippen LogP contribution in [0.15, 0.2) is 50.0 Å². The van der Waals surface area contributed by atoms with Gasteiger partial charge in [0.1, 0.15) is 5.01 Å². The second-order valence-electron chi connectivity index (χ2n) is 3.68. The van der Waals surface area contributed by atoms with Gasteiger partial charge in [-0.05, 0) is 34.1 Å². The molecule has 18 heavy (non-hydrogen) atoms. The van der Waals surface area contributed by atoms with Gasteiger partial charge in [-0.2, -0.15) is 0 Å². The number of thiazole rings is 1. The van der Waals surface area contributed by atoms with Crippen LogP contribution in [0.4, 0.5) is 0 Å². The normalized spacial score (nSPS) is 10.8. The van der Waals surface area contributed by atoms with Gasteiger partial charge in [0, 0.05) is 25.3 Å². The van der Waals surface area contributed by atoms with Gasteiger partial charge in [0.2, 0.25) is 0 Å². The lowest BCUT2D eigenvalue weighted by atomic mass is 10.2. The molecule has 90 valence electrons. The van der Waals surface area contributed by atoms with Gasteiger partial charge < -0.3 is 0 Å². The van der Waals surface area contributed by atoms with Crippen LogP contribution in [0.25, 0.3) is 21.1 Å². The van der Waals surface area contributed by atoms with Gasteiger partial charge in [-0.3, -0.25) is 0 Å². The maximum absolute atomic E-state index is 4.69. The number of hydrogen-bond acceptors (Lipinski definition) is 3. The summed E-state index contributed by atoms with van der Waals surface area (Å²) in [5.41, 5.74) is 2.17. The fourth-order valence-electron chi connectivity index (χ4n) is 1.59. The summed E-state index contributed by atoms with van der Waals surface area (Å²) in [5.74, 6) is 0. The summed E-state index contributed by atoms with van der Waals surface area (Å²) in [4.78, 5) is 5.89. The summed E-state index contributed by atoms with van der Waals surface area (Å²) in [6.07, 6.45) is 0. The van der Waals surface area contributed by atoms with Crippen molar-refractivity contribution in [2.45, 2.75) is 0 Å². The third-order valence-electron chi connectivity index (χ3n) is 2.40. The minimum atomic E-state index is 1.03. The highest BCUT2D eigenvalue weighted by atomic mass is 79.9. The molecule has 1 aromatic carbocycles. The largest absolute Gasteiger partial charge is 0.235 e. The van der Waals surface area contributed by atoms with Crippen LogP contribution in [0.1, 0.15) is 0 Å². The molecule has 0 aliphatic rings. The molecule has 3 rings (SSSR count).